The molecule has 0 saturated carbocycles. The molecule has 5 heteroatoms. The number of nitrogens with two attached hydrogens (primary N) is 1. The van der Waals surface area contributed by atoms with Gasteiger partial charge in [0.15, 0.2) is 0 Å². The summed E-state index contributed by atoms with van der Waals surface area (Å²) in [4.78, 5) is 26.3. The fraction of sp³-hybridized carbons (Fsp3) is 0.235. The molecule has 0 aliphatic carbocycles. The van der Waals surface area contributed by atoms with Gasteiger partial charge in [0.25, 0.3) is 0 Å². The zero-order valence-electron chi connectivity index (χ0n) is 12.6. The second kappa shape index (κ2) is 6.85. The van der Waals surface area contributed by atoms with Crippen molar-refractivity contribution in [3.63, 3.8) is 0 Å². The maximum atomic E-state index is 11.4. The highest BCUT2D eigenvalue weighted by Crippen LogP contribution is 2.21. The number of aliphatic imine (C=N–C) groups is 1. The number of hydrogen-bond donors (Lipinski definition) is 1. The van der Waals surface area contributed by atoms with Gasteiger partial charge >= 0.3 is 0 Å². The molecule has 2 N–H and O–H groups in total. The summed E-state index contributed by atoms with van der Waals surface area (Å²) in [5.74, 6) is 0.523. The fourth-order valence-electron chi connectivity index (χ4n) is 2.14. The minimum Gasteiger partial charge on any atom is -0.439 e. The molecule has 22 heavy (non-hydrogen) atoms. The van der Waals surface area contributed by atoms with Crippen molar-refractivity contribution in [3.05, 3.63) is 53.3 Å². The number of ether oxygens (including phenoxy) is 1. The van der Waals surface area contributed by atoms with Crippen LogP contribution in [0.3, 0.4) is 0 Å². The van der Waals surface area contributed by atoms with Gasteiger partial charge in [0.1, 0.15) is 12.0 Å². The van der Waals surface area contributed by atoms with Gasteiger partial charge in [0.05, 0.1) is 0 Å². The van der Waals surface area contributed by atoms with Crippen LogP contribution in [0.1, 0.15) is 29.3 Å². The Bertz CT molecular complexity index is 687. The summed E-state index contributed by atoms with van der Waals surface area (Å²) in [6.45, 7) is 3.77. The minimum absolute atomic E-state index is 0.0210. The van der Waals surface area contributed by atoms with Gasteiger partial charge in [0, 0.05) is 17.3 Å². The number of aryl methyl sites for hydroxylation is 1. The van der Waals surface area contributed by atoms with Crippen molar-refractivity contribution in [2.45, 2.75) is 20.3 Å². The monoisotopic (exact) mass is 298 g/mol. The van der Waals surface area contributed by atoms with Crippen LogP contribution in [0.15, 0.2) is 47.1 Å². The predicted octanol–water partition coefficient (Wildman–Crippen LogP) is 2.55. The maximum Gasteiger partial charge on any atom is 0.246 e. The molecule has 1 aromatic rings. The number of primary amides is 1. The van der Waals surface area contributed by atoms with E-state index < -0.39 is 5.91 Å². The van der Waals surface area contributed by atoms with Crippen LogP contribution in [0.4, 0.5) is 0 Å². The Labute approximate surface area is 129 Å². The third-order valence-electron chi connectivity index (χ3n) is 3.45. The maximum absolute atomic E-state index is 11.4. The average Bonchev–Trinajstić information content (AvgIpc) is 2.46. The molecule has 114 valence electrons. The molecule has 0 saturated heterocycles. The number of allylic oxidation sites excluding steroid dienone is 1. The molecule has 1 aromatic carbocycles. The predicted molar refractivity (Wildman–Crippen MR) is 84.8 cm³/mol. The second-order valence-electron chi connectivity index (χ2n) is 5.20. The number of aldehydes is 1. The van der Waals surface area contributed by atoms with Crippen LogP contribution in [0.5, 0.6) is 5.75 Å². The zero-order valence-corrected chi connectivity index (χ0v) is 12.6. The third-order valence-corrected chi connectivity index (χ3v) is 3.45. The van der Waals surface area contributed by atoms with Crippen molar-refractivity contribution in [1.82, 2.24) is 0 Å². The summed E-state index contributed by atoms with van der Waals surface area (Å²) in [6, 6.07) is 5.13. The van der Waals surface area contributed by atoms with Gasteiger partial charge in [-0.2, -0.15) is 0 Å². The molecule has 1 unspecified atom stereocenters. The number of amides is 1. The van der Waals surface area contributed by atoms with E-state index in [1.54, 1.807) is 24.3 Å². The topological polar surface area (TPSA) is 81.8 Å². The largest absolute Gasteiger partial charge is 0.439 e. The van der Waals surface area contributed by atoms with Crippen molar-refractivity contribution in [2.75, 3.05) is 0 Å². The van der Waals surface area contributed by atoms with Crippen molar-refractivity contribution in [2.24, 2.45) is 16.6 Å². The Morgan fingerprint density at radius 3 is 2.86 bits per heavy atom. The van der Waals surface area contributed by atoms with Crippen LogP contribution >= 0.6 is 0 Å². The quantitative estimate of drug-likeness (QED) is 0.871. The smallest absolute Gasteiger partial charge is 0.246 e. The summed E-state index contributed by atoms with van der Waals surface area (Å²) in [5, 5.41) is 0. The van der Waals surface area contributed by atoms with Crippen molar-refractivity contribution < 1.29 is 14.3 Å². The number of rotatable bonds is 3. The van der Waals surface area contributed by atoms with Gasteiger partial charge in [-0.25, -0.2) is 4.99 Å². The van der Waals surface area contributed by atoms with E-state index in [4.69, 9.17) is 10.5 Å². The van der Waals surface area contributed by atoms with E-state index in [0.29, 0.717) is 29.2 Å². The average molecular weight is 298 g/mol. The molecule has 1 heterocycles. The molecular weight excluding hydrogens is 280 g/mol. The summed E-state index contributed by atoms with van der Waals surface area (Å²) >= 11 is 0. The third kappa shape index (κ3) is 3.69. The molecule has 1 amide bonds. The highest BCUT2D eigenvalue weighted by molar-refractivity contribution is 5.94. The van der Waals surface area contributed by atoms with Gasteiger partial charge in [-0.15, -0.1) is 0 Å². The standard InChI is InChI=1S/C17H18N2O3/c1-11-4-3-5-16(19-9-14(11)17(18)21)22-15-7-6-13(10-20)8-12(15)2/h3,5-11H,4H2,1-2H3,(H2,18,21)/b5-3+,14-9+,19-16-. The highest BCUT2D eigenvalue weighted by atomic mass is 16.5. The van der Waals surface area contributed by atoms with E-state index in [9.17, 15) is 9.59 Å². The first kappa shape index (κ1) is 15.7. The van der Waals surface area contributed by atoms with Gasteiger partial charge in [-0.3, -0.25) is 9.59 Å². The highest BCUT2D eigenvalue weighted by Gasteiger charge is 2.15. The van der Waals surface area contributed by atoms with E-state index in [1.807, 2.05) is 19.9 Å². The van der Waals surface area contributed by atoms with E-state index in [2.05, 4.69) is 4.99 Å². The summed E-state index contributed by atoms with van der Waals surface area (Å²) < 4.78 is 5.74. The van der Waals surface area contributed by atoms with Crippen molar-refractivity contribution in [1.29, 1.82) is 0 Å². The summed E-state index contributed by atoms with van der Waals surface area (Å²) in [5.41, 5.74) is 7.25. The van der Waals surface area contributed by atoms with E-state index in [1.165, 1.54) is 6.20 Å². The normalized spacial score (nSPS) is 24.0. The fourth-order valence-corrected chi connectivity index (χ4v) is 2.14. The Hall–Kier alpha value is -2.69. The van der Waals surface area contributed by atoms with Crippen LogP contribution < -0.4 is 10.5 Å². The van der Waals surface area contributed by atoms with Gasteiger partial charge in [0.2, 0.25) is 11.8 Å². The van der Waals surface area contributed by atoms with Crippen LogP contribution in [0, 0.1) is 12.8 Å². The van der Waals surface area contributed by atoms with E-state index in [0.717, 1.165) is 11.8 Å². The Kier molecular flexibility index (Phi) is 4.88. The molecule has 0 spiro atoms. The molecule has 5 nitrogen and oxygen atoms in total. The number of carbonyl (C=O) groups excluding carboxylic acids is 2. The van der Waals surface area contributed by atoms with E-state index >= 15 is 0 Å². The van der Waals surface area contributed by atoms with E-state index in [-0.39, 0.29) is 5.92 Å². The van der Waals surface area contributed by atoms with Crippen molar-refractivity contribution in [3.8, 4) is 5.75 Å². The molecule has 0 aromatic heterocycles. The molecule has 0 bridgehead atoms. The first-order valence-corrected chi connectivity index (χ1v) is 6.99. The lowest BCUT2D eigenvalue weighted by Crippen LogP contribution is -2.20. The Morgan fingerprint density at radius 2 is 2.23 bits per heavy atom. The number of benzene rings is 1. The lowest BCUT2D eigenvalue weighted by atomic mass is 9.97. The molecule has 2 rings (SSSR count). The van der Waals surface area contributed by atoms with Gasteiger partial charge in [-0.1, -0.05) is 13.0 Å². The molecular formula is C17H18N2O3. The summed E-state index contributed by atoms with van der Waals surface area (Å²) in [7, 11) is 0. The molecule has 1 atom stereocenters. The van der Waals surface area contributed by atoms with Gasteiger partial charge < -0.3 is 10.5 Å². The first-order valence-electron chi connectivity index (χ1n) is 6.99. The lowest BCUT2D eigenvalue weighted by molar-refractivity contribution is -0.115. The number of carbonyl (C=O) groups is 2. The molecule has 0 fully saturated rings. The van der Waals surface area contributed by atoms with Crippen molar-refractivity contribution >= 4 is 18.1 Å². The molecule has 1 aliphatic rings. The minimum atomic E-state index is -0.475. The molecule has 0 radical (unpaired) electrons. The van der Waals surface area contributed by atoms with Gasteiger partial charge in [-0.05, 0) is 49.1 Å². The van der Waals surface area contributed by atoms with Crippen LogP contribution in [0.25, 0.3) is 0 Å². The van der Waals surface area contributed by atoms with Crippen LogP contribution in [-0.4, -0.2) is 18.1 Å². The van der Waals surface area contributed by atoms with Crippen LogP contribution in [-0.2, 0) is 4.79 Å². The SMILES string of the molecule is Cc1cc(C=O)ccc1OC1=N\C=C(\C(N)=O)C(C)C\C=C\1. The Morgan fingerprint density at radius 1 is 1.45 bits per heavy atom. The van der Waals surface area contributed by atoms with Crippen LogP contribution in [0.2, 0.25) is 0 Å². The summed E-state index contributed by atoms with van der Waals surface area (Å²) in [6.07, 6.45) is 6.58. The number of nitrogens with zero attached hydrogens (tertiary/aromatic N) is 1. The molecule has 1 aliphatic heterocycles. The lowest BCUT2D eigenvalue weighted by Gasteiger charge is -2.13. The zero-order chi connectivity index (χ0) is 16.1. The second-order valence-corrected chi connectivity index (χ2v) is 5.20. The Balaban J connectivity index is 2.28. The first-order chi connectivity index (χ1) is 10.5. The number of hydrogen-bond acceptors (Lipinski definition) is 4.